The molecule has 0 aliphatic heterocycles. The molecule has 19 heavy (non-hydrogen) atoms. The maximum atomic E-state index is 11.0. The molecule has 0 spiro atoms. The van der Waals surface area contributed by atoms with Crippen molar-refractivity contribution in [2.24, 2.45) is 7.05 Å². The predicted octanol–water partition coefficient (Wildman–Crippen LogP) is 1.60. The van der Waals surface area contributed by atoms with Crippen LogP contribution < -0.4 is 0 Å². The van der Waals surface area contributed by atoms with E-state index in [4.69, 9.17) is 16.7 Å². The first kappa shape index (κ1) is 13.2. The number of halogens is 1. The van der Waals surface area contributed by atoms with Gasteiger partial charge < -0.3 is 5.11 Å². The molecule has 0 saturated heterocycles. The smallest absolute Gasteiger partial charge is 0.376 e. The minimum absolute atomic E-state index is 0.185. The number of hydrogen-bond acceptors (Lipinski definition) is 4. The number of nitrogens with zero attached hydrogens (tertiary/aromatic N) is 3. The van der Waals surface area contributed by atoms with Gasteiger partial charge in [0.15, 0.2) is 5.65 Å². The molecule has 0 aliphatic carbocycles. The second-order valence-electron chi connectivity index (χ2n) is 3.95. The van der Waals surface area contributed by atoms with Crippen molar-refractivity contribution in [2.75, 3.05) is 0 Å². The molecule has 0 aromatic carbocycles. The Balaban J connectivity index is 2.50. The van der Waals surface area contributed by atoms with Gasteiger partial charge in [-0.3, -0.25) is 9.48 Å². The van der Waals surface area contributed by atoms with Crippen LogP contribution in [-0.4, -0.2) is 31.6 Å². The lowest BCUT2D eigenvalue weighted by atomic mass is 10.2. The van der Waals surface area contributed by atoms with Crippen molar-refractivity contribution < 1.29 is 14.7 Å². The maximum absolute atomic E-state index is 11.0. The highest BCUT2D eigenvalue weighted by Gasteiger charge is 2.11. The molecule has 0 fully saturated rings. The second-order valence-corrected chi connectivity index (χ2v) is 4.31. The van der Waals surface area contributed by atoms with Gasteiger partial charge >= 0.3 is 5.97 Å². The Morgan fingerprint density at radius 2 is 2.16 bits per heavy atom. The molecule has 0 amide bonds. The zero-order chi connectivity index (χ0) is 14.2. The molecule has 0 saturated carbocycles. The number of carbonyl (C=O) groups excluding carboxylic acids is 1. The van der Waals surface area contributed by atoms with Crippen LogP contribution in [0, 0.1) is 6.92 Å². The number of carbonyl (C=O) groups is 2. The van der Waals surface area contributed by atoms with Crippen LogP contribution in [0.5, 0.6) is 0 Å². The van der Waals surface area contributed by atoms with Gasteiger partial charge in [0.1, 0.15) is 5.15 Å². The Morgan fingerprint density at radius 1 is 1.47 bits per heavy atom. The van der Waals surface area contributed by atoms with Crippen LogP contribution in [0.3, 0.4) is 0 Å². The highest BCUT2D eigenvalue weighted by molar-refractivity contribution is 6.38. The van der Waals surface area contributed by atoms with Crippen molar-refractivity contribution in [1.29, 1.82) is 0 Å². The van der Waals surface area contributed by atoms with E-state index >= 15 is 0 Å². The number of carboxylic acids is 1. The van der Waals surface area contributed by atoms with E-state index in [9.17, 15) is 9.59 Å². The summed E-state index contributed by atoms with van der Waals surface area (Å²) in [6, 6.07) is 1.72. The van der Waals surface area contributed by atoms with Crippen LogP contribution in [-0.2, 0) is 16.6 Å². The summed E-state index contributed by atoms with van der Waals surface area (Å²) in [5.74, 6) is -2.53. The zero-order valence-electron chi connectivity index (χ0n) is 10.2. The van der Waals surface area contributed by atoms with Crippen LogP contribution in [0.1, 0.15) is 11.3 Å². The number of rotatable bonds is 3. The molecule has 6 nitrogen and oxygen atoms in total. The van der Waals surface area contributed by atoms with Crippen LogP contribution >= 0.6 is 11.6 Å². The Kier molecular flexibility index (Phi) is 3.35. The van der Waals surface area contributed by atoms with Gasteiger partial charge in [-0.2, -0.15) is 5.10 Å². The van der Waals surface area contributed by atoms with E-state index in [0.29, 0.717) is 11.2 Å². The highest BCUT2D eigenvalue weighted by atomic mass is 35.5. The first-order chi connectivity index (χ1) is 8.90. The van der Waals surface area contributed by atoms with Gasteiger partial charge in [0.25, 0.3) is 5.78 Å². The Labute approximate surface area is 113 Å². The SMILES string of the molecule is Cc1nn(C)c2nc(Cl)c(/C=C/C(=O)C(=O)O)cc12. The molecular formula is C12H10ClN3O3. The monoisotopic (exact) mass is 279 g/mol. The van der Waals surface area contributed by atoms with Crippen molar-refractivity contribution in [3.05, 3.63) is 28.6 Å². The lowest BCUT2D eigenvalue weighted by molar-refractivity contribution is -0.146. The summed E-state index contributed by atoms with van der Waals surface area (Å²) < 4.78 is 1.60. The van der Waals surface area contributed by atoms with Crippen molar-refractivity contribution in [2.45, 2.75) is 6.92 Å². The number of aromatic nitrogens is 3. The number of aryl methyl sites for hydroxylation is 2. The van der Waals surface area contributed by atoms with E-state index in [2.05, 4.69) is 10.1 Å². The number of carboxylic acid groups (broad SMARTS) is 1. The lowest BCUT2D eigenvalue weighted by Gasteiger charge is -1.99. The molecule has 1 N–H and O–H groups in total. The fourth-order valence-corrected chi connectivity index (χ4v) is 1.89. The number of pyridine rings is 1. The average molecular weight is 280 g/mol. The quantitative estimate of drug-likeness (QED) is 0.524. The van der Waals surface area contributed by atoms with Crippen LogP contribution in [0.25, 0.3) is 17.1 Å². The maximum Gasteiger partial charge on any atom is 0.376 e. The van der Waals surface area contributed by atoms with Gasteiger partial charge in [0.05, 0.1) is 5.69 Å². The standard InChI is InChI=1S/C12H10ClN3O3/c1-6-8-5-7(3-4-9(17)12(18)19)10(13)14-11(8)16(2)15-6/h3-5H,1-2H3,(H,18,19)/b4-3+. The van der Waals surface area contributed by atoms with E-state index in [1.54, 1.807) is 17.8 Å². The molecule has 7 heteroatoms. The molecule has 0 atom stereocenters. The molecule has 2 aromatic rings. The summed E-state index contributed by atoms with van der Waals surface area (Å²) in [6.07, 6.45) is 2.28. The third-order valence-corrected chi connectivity index (χ3v) is 2.91. The molecule has 0 unspecified atom stereocenters. The second kappa shape index (κ2) is 4.81. The van der Waals surface area contributed by atoms with Crippen molar-refractivity contribution >= 4 is 40.5 Å². The van der Waals surface area contributed by atoms with Gasteiger partial charge in [-0.15, -0.1) is 0 Å². The van der Waals surface area contributed by atoms with E-state index < -0.39 is 11.8 Å². The number of ketones is 1. The predicted molar refractivity (Wildman–Crippen MR) is 69.9 cm³/mol. The Morgan fingerprint density at radius 3 is 2.79 bits per heavy atom. The summed E-state index contributed by atoms with van der Waals surface area (Å²) in [6.45, 7) is 1.83. The third-order valence-electron chi connectivity index (χ3n) is 2.60. The summed E-state index contributed by atoms with van der Waals surface area (Å²) in [7, 11) is 1.75. The van der Waals surface area contributed by atoms with Crippen molar-refractivity contribution in [3.8, 4) is 0 Å². The molecule has 2 aromatic heterocycles. The average Bonchev–Trinajstić information content (AvgIpc) is 2.61. The largest absolute Gasteiger partial charge is 0.475 e. The molecule has 0 radical (unpaired) electrons. The molecule has 2 heterocycles. The van der Waals surface area contributed by atoms with Crippen molar-refractivity contribution in [3.63, 3.8) is 0 Å². The molecule has 0 aliphatic rings. The minimum atomic E-state index is -1.51. The van der Waals surface area contributed by atoms with E-state index in [-0.39, 0.29) is 5.15 Å². The summed E-state index contributed by atoms with van der Waals surface area (Å²) in [4.78, 5) is 25.6. The van der Waals surface area contributed by atoms with Gasteiger partial charge in [0, 0.05) is 18.0 Å². The highest BCUT2D eigenvalue weighted by Crippen LogP contribution is 2.23. The van der Waals surface area contributed by atoms with Gasteiger partial charge in [0.2, 0.25) is 0 Å². The summed E-state index contributed by atoms with van der Waals surface area (Å²) in [5, 5.41) is 13.7. The summed E-state index contributed by atoms with van der Waals surface area (Å²) in [5.41, 5.74) is 1.88. The molecule has 0 bridgehead atoms. The molecular weight excluding hydrogens is 270 g/mol. The fourth-order valence-electron chi connectivity index (χ4n) is 1.69. The Hall–Kier alpha value is -2.21. The lowest BCUT2D eigenvalue weighted by Crippen LogP contribution is -2.08. The van der Waals surface area contributed by atoms with Crippen LogP contribution in [0.15, 0.2) is 12.1 Å². The normalized spacial score (nSPS) is 11.3. The van der Waals surface area contributed by atoms with E-state index in [0.717, 1.165) is 17.2 Å². The van der Waals surface area contributed by atoms with E-state index in [1.165, 1.54) is 6.08 Å². The Bertz CT molecular complexity index is 719. The van der Waals surface area contributed by atoms with Crippen LogP contribution in [0.2, 0.25) is 5.15 Å². The first-order valence-electron chi connectivity index (χ1n) is 5.35. The fraction of sp³-hybridized carbons (Fsp3) is 0.167. The summed E-state index contributed by atoms with van der Waals surface area (Å²) >= 11 is 5.99. The third kappa shape index (κ3) is 2.48. The van der Waals surface area contributed by atoms with Gasteiger partial charge in [-0.1, -0.05) is 11.6 Å². The molecule has 2 rings (SSSR count). The number of hydrogen-bond donors (Lipinski definition) is 1. The first-order valence-corrected chi connectivity index (χ1v) is 5.73. The van der Waals surface area contributed by atoms with Gasteiger partial charge in [-0.05, 0) is 25.1 Å². The zero-order valence-corrected chi connectivity index (χ0v) is 11.0. The molecule has 98 valence electrons. The number of aliphatic carboxylic acids is 1. The van der Waals surface area contributed by atoms with Gasteiger partial charge in [-0.25, -0.2) is 9.78 Å². The van der Waals surface area contributed by atoms with Crippen LogP contribution in [0.4, 0.5) is 0 Å². The number of fused-ring (bicyclic) bond motifs is 1. The minimum Gasteiger partial charge on any atom is -0.475 e. The van der Waals surface area contributed by atoms with E-state index in [1.807, 2.05) is 6.92 Å². The van der Waals surface area contributed by atoms with Crippen molar-refractivity contribution in [1.82, 2.24) is 14.8 Å². The topological polar surface area (TPSA) is 85.1 Å².